The number of amides is 1. The predicted octanol–water partition coefficient (Wildman–Crippen LogP) is 4.60. The summed E-state index contributed by atoms with van der Waals surface area (Å²) in [5.74, 6) is 0.816. The Hall–Kier alpha value is -2.80. The minimum atomic E-state index is -0.270. The van der Waals surface area contributed by atoms with E-state index in [9.17, 15) is 4.79 Å². The van der Waals surface area contributed by atoms with E-state index in [0.717, 1.165) is 33.6 Å². The first-order valence-electron chi connectivity index (χ1n) is 8.83. The lowest BCUT2D eigenvalue weighted by molar-refractivity contribution is -0.115. The van der Waals surface area contributed by atoms with Crippen LogP contribution in [0.2, 0.25) is 0 Å². The first-order valence-corrected chi connectivity index (χ1v) is 9.71. The van der Waals surface area contributed by atoms with E-state index >= 15 is 0 Å². The number of hydrogen-bond donors (Lipinski definition) is 1. The molecule has 0 spiro atoms. The number of benzene rings is 1. The Kier molecular flexibility index (Phi) is 4.61. The van der Waals surface area contributed by atoms with Crippen LogP contribution in [-0.2, 0) is 4.79 Å². The number of hydrogen-bond acceptors (Lipinski definition) is 5. The van der Waals surface area contributed by atoms with Gasteiger partial charge in [-0.2, -0.15) is 0 Å². The number of nitrogens with zero attached hydrogens (tertiary/aromatic N) is 3. The van der Waals surface area contributed by atoms with Crippen molar-refractivity contribution in [3.05, 3.63) is 54.0 Å². The summed E-state index contributed by atoms with van der Waals surface area (Å²) in [5, 5.41) is 11.8. The molecule has 0 saturated heterocycles. The highest BCUT2D eigenvalue weighted by Crippen LogP contribution is 2.32. The molecule has 1 N–H and O–H groups in total. The molecule has 7 heteroatoms. The van der Waals surface area contributed by atoms with Gasteiger partial charge in [-0.15, -0.1) is 10.2 Å². The summed E-state index contributed by atoms with van der Waals surface area (Å²) in [5.41, 5.74) is 4.51. The molecule has 0 saturated carbocycles. The van der Waals surface area contributed by atoms with Crippen molar-refractivity contribution in [3.63, 3.8) is 0 Å². The zero-order valence-corrected chi connectivity index (χ0v) is 16.2. The summed E-state index contributed by atoms with van der Waals surface area (Å²) >= 11 is 1.43. The van der Waals surface area contributed by atoms with Crippen molar-refractivity contribution in [1.29, 1.82) is 0 Å². The molecule has 4 aromatic rings. The van der Waals surface area contributed by atoms with Crippen molar-refractivity contribution in [3.8, 4) is 0 Å². The third kappa shape index (κ3) is 3.30. The van der Waals surface area contributed by atoms with Crippen LogP contribution in [-0.4, -0.2) is 25.8 Å². The van der Waals surface area contributed by atoms with Gasteiger partial charge in [-0.25, -0.2) is 0 Å². The fourth-order valence-corrected chi connectivity index (χ4v) is 4.05. The number of aromatic nitrogens is 3. The van der Waals surface area contributed by atoms with Crippen LogP contribution in [0, 0.1) is 13.8 Å². The second-order valence-electron chi connectivity index (χ2n) is 6.46. The summed E-state index contributed by atoms with van der Waals surface area (Å²) < 4.78 is 7.67. The first kappa shape index (κ1) is 17.6. The third-order valence-electron chi connectivity index (χ3n) is 4.51. The number of anilines is 1. The average molecular weight is 380 g/mol. The fraction of sp³-hybridized carbons (Fsp3) is 0.250. The number of carbonyl (C=O) groups excluding carboxylic acids is 1. The fourth-order valence-electron chi connectivity index (χ4n) is 3.07. The van der Waals surface area contributed by atoms with Gasteiger partial charge in [-0.1, -0.05) is 36.9 Å². The van der Waals surface area contributed by atoms with Gasteiger partial charge in [0.05, 0.1) is 16.3 Å². The highest BCUT2D eigenvalue weighted by molar-refractivity contribution is 8.00. The maximum Gasteiger partial charge on any atom is 0.237 e. The zero-order chi connectivity index (χ0) is 19.0. The molecule has 138 valence electrons. The van der Waals surface area contributed by atoms with Crippen molar-refractivity contribution >= 4 is 40.0 Å². The highest BCUT2D eigenvalue weighted by atomic mass is 32.2. The predicted molar refractivity (Wildman–Crippen MR) is 107 cm³/mol. The molecule has 3 aromatic heterocycles. The zero-order valence-electron chi connectivity index (χ0n) is 15.4. The molecule has 4 rings (SSSR count). The molecular weight excluding hydrogens is 360 g/mol. The van der Waals surface area contributed by atoms with Crippen LogP contribution in [0.3, 0.4) is 0 Å². The molecule has 0 aliphatic rings. The van der Waals surface area contributed by atoms with Crippen LogP contribution >= 0.6 is 11.8 Å². The molecule has 0 aliphatic heterocycles. The number of furan rings is 1. The number of para-hydroxylation sites is 1. The Labute approximate surface area is 161 Å². The Morgan fingerprint density at radius 1 is 1.26 bits per heavy atom. The van der Waals surface area contributed by atoms with Crippen molar-refractivity contribution in [2.24, 2.45) is 0 Å². The molecule has 6 nitrogen and oxygen atoms in total. The molecule has 1 aromatic carbocycles. The summed E-state index contributed by atoms with van der Waals surface area (Å²) in [4.78, 5) is 12.8. The van der Waals surface area contributed by atoms with E-state index in [4.69, 9.17) is 4.42 Å². The van der Waals surface area contributed by atoms with Gasteiger partial charge in [0, 0.05) is 17.8 Å². The maximum atomic E-state index is 12.8. The largest absolute Gasteiger partial charge is 0.460 e. The highest BCUT2D eigenvalue weighted by Gasteiger charge is 2.22. The van der Waals surface area contributed by atoms with Gasteiger partial charge in [0.15, 0.2) is 5.58 Å². The second-order valence-corrected chi connectivity index (χ2v) is 7.65. The van der Waals surface area contributed by atoms with Crippen LogP contribution in [0.4, 0.5) is 5.69 Å². The molecule has 1 atom stereocenters. The second kappa shape index (κ2) is 7.08. The van der Waals surface area contributed by atoms with E-state index in [-0.39, 0.29) is 11.2 Å². The number of carbonyl (C=O) groups is 1. The summed E-state index contributed by atoms with van der Waals surface area (Å²) in [6.07, 6.45) is 2.35. The van der Waals surface area contributed by atoms with Gasteiger partial charge in [-0.3, -0.25) is 9.20 Å². The molecule has 27 heavy (non-hydrogen) atoms. The summed E-state index contributed by atoms with van der Waals surface area (Å²) in [6, 6.07) is 11.7. The monoisotopic (exact) mass is 380 g/mol. The van der Waals surface area contributed by atoms with Gasteiger partial charge in [0.25, 0.3) is 0 Å². The first-order chi connectivity index (χ1) is 13.1. The lowest BCUT2D eigenvalue weighted by Gasteiger charge is -2.15. The van der Waals surface area contributed by atoms with Crippen LogP contribution in [0.25, 0.3) is 16.6 Å². The van der Waals surface area contributed by atoms with Gasteiger partial charge in [-0.05, 0) is 31.9 Å². The summed E-state index contributed by atoms with van der Waals surface area (Å²) in [6.45, 7) is 5.89. The normalized spacial score (nSPS) is 12.6. The number of rotatable bonds is 5. The van der Waals surface area contributed by atoms with Crippen LogP contribution in [0.15, 0.2) is 52.2 Å². The molecule has 1 amide bonds. The quantitative estimate of drug-likeness (QED) is 0.512. The number of fused-ring (bicyclic) bond motifs is 3. The lowest BCUT2D eigenvalue weighted by atomic mass is 10.2. The molecule has 0 aliphatic carbocycles. The number of aryl methyl sites for hydroxylation is 2. The van der Waals surface area contributed by atoms with Crippen molar-refractivity contribution < 1.29 is 9.21 Å². The molecule has 3 heterocycles. The Morgan fingerprint density at radius 2 is 2.07 bits per heavy atom. The van der Waals surface area contributed by atoms with Crippen molar-refractivity contribution in [2.75, 3.05) is 5.32 Å². The van der Waals surface area contributed by atoms with Crippen LogP contribution in [0.1, 0.15) is 24.7 Å². The molecule has 0 unspecified atom stereocenters. The third-order valence-corrected chi connectivity index (χ3v) is 5.85. The average Bonchev–Trinajstić information content (AvgIpc) is 3.18. The van der Waals surface area contributed by atoms with E-state index < -0.39 is 0 Å². The van der Waals surface area contributed by atoms with Crippen LogP contribution in [0.5, 0.6) is 0 Å². The minimum absolute atomic E-state index is 0.0355. The lowest BCUT2D eigenvalue weighted by Crippen LogP contribution is -2.25. The summed E-state index contributed by atoms with van der Waals surface area (Å²) in [7, 11) is 0. The van der Waals surface area contributed by atoms with Crippen molar-refractivity contribution in [1.82, 2.24) is 14.6 Å². The molecular formula is C20H20N4O2S. The SMILES string of the molecule is CC[C@H](Sc1nncn2c1cc1oc(C)cc12)C(=O)Nc1ccccc1C. The smallest absolute Gasteiger partial charge is 0.237 e. The number of nitrogens with one attached hydrogen (secondary N) is 1. The topological polar surface area (TPSA) is 72.4 Å². The van der Waals surface area contributed by atoms with Gasteiger partial charge in [0.2, 0.25) is 5.91 Å². The van der Waals surface area contributed by atoms with Crippen LogP contribution < -0.4 is 5.32 Å². The van der Waals surface area contributed by atoms with E-state index in [1.54, 1.807) is 6.33 Å². The van der Waals surface area contributed by atoms with E-state index in [1.807, 2.05) is 61.6 Å². The van der Waals surface area contributed by atoms with E-state index in [2.05, 4.69) is 15.5 Å². The van der Waals surface area contributed by atoms with Gasteiger partial charge >= 0.3 is 0 Å². The number of thioether (sulfide) groups is 1. The van der Waals surface area contributed by atoms with Gasteiger partial charge in [0.1, 0.15) is 17.1 Å². The standard InChI is InChI=1S/C20H20N4O2S/c1-4-18(19(25)22-14-8-6-5-7-12(14)2)27-20-16-10-17-15(9-13(3)26-17)24(16)11-21-23-20/h5-11,18H,4H2,1-3H3,(H,22,25)/t18-/m0/s1. The molecule has 0 fully saturated rings. The van der Waals surface area contributed by atoms with E-state index in [1.165, 1.54) is 11.8 Å². The Bertz CT molecular complexity index is 1130. The van der Waals surface area contributed by atoms with Crippen molar-refractivity contribution in [2.45, 2.75) is 37.5 Å². The molecule has 0 bridgehead atoms. The van der Waals surface area contributed by atoms with Gasteiger partial charge < -0.3 is 9.73 Å². The minimum Gasteiger partial charge on any atom is -0.460 e. The molecule has 0 radical (unpaired) electrons. The maximum absolute atomic E-state index is 12.8. The van der Waals surface area contributed by atoms with E-state index in [0.29, 0.717) is 11.4 Å². The Balaban J connectivity index is 1.62. The Morgan fingerprint density at radius 3 is 2.85 bits per heavy atom.